The van der Waals surface area contributed by atoms with Crippen molar-refractivity contribution in [3.63, 3.8) is 0 Å². The van der Waals surface area contributed by atoms with Crippen LogP contribution in [0.3, 0.4) is 0 Å². The topological polar surface area (TPSA) is 38.7 Å². The van der Waals surface area contributed by atoms with Crippen LogP contribution in [0.4, 0.5) is 4.39 Å². The standard InChI is InChI=1S/C16H20ClFO3/c17-13-3-1-2-11(15(13)18)8-14(19)12-4-6-21-16(9-12)5-7-20-10-16/h1-3,12,14,19H,4-10H2. The fourth-order valence-electron chi connectivity index (χ4n) is 3.36. The van der Waals surface area contributed by atoms with Gasteiger partial charge in [0.1, 0.15) is 5.82 Å². The lowest BCUT2D eigenvalue weighted by molar-refractivity contribution is -0.116. The molecule has 1 aromatic carbocycles. The van der Waals surface area contributed by atoms with E-state index >= 15 is 0 Å². The van der Waals surface area contributed by atoms with Crippen LogP contribution in [-0.2, 0) is 15.9 Å². The summed E-state index contributed by atoms with van der Waals surface area (Å²) in [6.45, 7) is 1.94. The smallest absolute Gasteiger partial charge is 0.145 e. The Hall–Kier alpha value is -0.680. The molecule has 0 amide bonds. The van der Waals surface area contributed by atoms with Gasteiger partial charge in [0.2, 0.25) is 0 Å². The molecule has 2 saturated heterocycles. The van der Waals surface area contributed by atoms with Gasteiger partial charge in [0, 0.05) is 26.1 Å². The number of hydrogen-bond donors (Lipinski definition) is 1. The van der Waals surface area contributed by atoms with Gasteiger partial charge in [0.25, 0.3) is 0 Å². The van der Waals surface area contributed by atoms with Crippen LogP contribution in [0.25, 0.3) is 0 Å². The molecule has 21 heavy (non-hydrogen) atoms. The number of benzene rings is 1. The van der Waals surface area contributed by atoms with Crippen molar-refractivity contribution in [2.75, 3.05) is 19.8 Å². The van der Waals surface area contributed by atoms with Crippen LogP contribution in [0, 0.1) is 11.7 Å². The molecule has 0 saturated carbocycles. The van der Waals surface area contributed by atoms with Gasteiger partial charge in [-0.15, -0.1) is 0 Å². The second-order valence-corrected chi connectivity index (χ2v) is 6.48. The minimum atomic E-state index is -0.584. The van der Waals surface area contributed by atoms with Crippen molar-refractivity contribution in [2.24, 2.45) is 5.92 Å². The predicted octanol–water partition coefficient (Wildman–Crippen LogP) is 2.97. The van der Waals surface area contributed by atoms with Crippen molar-refractivity contribution in [2.45, 2.75) is 37.4 Å². The Kier molecular flexibility index (Phi) is 4.50. The third-order valence-electron chi connectivity index (χ3n) is 4.60. The van der Waals surface area contributed by atoms with Gasteiger partial charge in [-0.05, 0) is 30.4 Å². The Balaban J connectivity index is 1.67. The summed E-state index contributed by atoms with van der Waals surface area (Å²) in [6.07, 6.45) is 2.15. The van der Waals surface area contributed by atoms with E-state index in [4.69, 9.17) is 21.1 Å². The van der Waals surface area contributed by atoms with E-state index in [1.807, 2.05) is 0 Å². The minimum absolute atomic E-state index is 0.104. The van der Waals surface area contributed by atoms with Crippen LogP contribution in [0.5, 0.6) is 0 Å². The van der Waals surface area contributed by atoms with E-state index in [9.17, 15) is 9.50 Å². The third-order valence-corrected chi connectivity index (χ3v) is 4.89. The summed E-state index contributed by atoms with van der Waals surface area (Å²) in [4.78, 5) is 0. The molecule has 2 fully saturated rings. The molecule has 3 unspecified atom stereocenters. The number of halogens is 2. The zero-order valence-electron chi connectivity index (χ0n) is 11.9. The van der Waals surface area contributed by atoms with Crippen molar-refractivity contribution in [3.8, 4) is 0 Å². The molecular weight excluding hydrogens is 295 g/mol. The zero-order valence-corrected chi connectivity index (χ0v) is 12.6. The Morgan fingerprint density at radius 2 is 2.29 bits per heavy atom. The van der Waals surface area contributed by atoms with Crippen molar-refractivity contribution in [1.29, 1.82) is 0 Å². The average molecular weight is 315 g/mol. The highest BCUT2D eigenvalue weighted by molar-refractivity contribution is 6.30. The highest BCUT2D eigenvalue weighted by Gasteiger charge is 2.42. The van der Waals surface area contributed by atoms with E-state index in [0.29, 0.717) is 25.4 Å². The maximum Gasteiger partial charge on any atom is 0.145 e. The van der Waals surface area contributed by atoms with Crippen molar-refractivity contribution in [3.05, 3.63) is 34.6 Å². The average Bonchev–Trinajstić information content (AvgIpc) is 2.92. The van der Waals surface area contributed by atoms with Crippen LogP contribution in [0.1, 0.15) is 24.8 Å². The molecule has 0 aliphatic carbocycles. The first kappa shape index (κ1) is 15.2. The lowest BCUT2D eigenvalue weighted by atomic mass is 9.80. The largest absolute Gasteiger partial charge is 0.392 e. The molecule has 1 spiro atoms. The monoisotopic (exact) mass is 314 g/mol. The molecule has 2 heterocycles. The first-order valence-corrected chi connectivity index (χ1v) is 7.80. The molecule has 0 radical (unpaired) electrons. The highest BCUT2D eigenvalue weighted by atomic mass is 35.5. The molecular formula is C16H20ClFO3. The van der Waals surface area contributed by atoms with Gasteiger partial charge in [0.15, 0.2) is 0 Å². The number of hydrogen-bond acceptors (Lipinski definition) is 3. The summed E-state index contributed by atoms with van der Waals surface area (Å²) in [7, 11) is 0. The van der Waals surface area contributed by atoms with E-state index in [2.05, 4.69) is 0 Å². The molecule has 3 rings (SSSR count). The van der Waals surface area contributed by atoms with Gasteiger partial charge in [0.05, 0.1) is 23.3 Å². The van der Waals surface area contributed by atoms with E-state index in [1.54, 1.807) is 12.1 Å². The van der Waals surface area contributed by atoms with Gasteiger partial charge < -0.3 is 14.6 Å². The summed E-state index contributed by atoms with van der Waals surface area (Å²) in [5, 5.41) is 10.6. The van der Waals surface area contributed by atoms with E-state index in [-0.39, 0.29) is 23.0 Å². The Bertz CT molecular complexity index is 502. The Morgan fingerprint density at radius 1 is 1.43 bits per heavy atom. The first-order chi connectivity index (χ1) is 10.1. The molecule has 116 valence electrons. The van der Waals surface area contributed by atoms with Crippen molar-refractivity contribution in [1.82, 2.24) is 0 Å². The van der Waals surface area contributed by atoms with Gasteiger partial charge in [-0.3, -0.25) is 0 Å². The van der Waals surface area contributed by atoms with Gasteiger partial charge in [-0.25, -0.2) is 4.39 Å². The third kappa shape index (κ3) is 3.24. The normalized spacial score (nSPS) is 30.7. The van der Waals surface area contributed by atoms with Gasteiger partial charge >= 0.3 is 0 Å². The second kappa shape index (κ2) is 6.21. The fraction of sp³-hybridized carbons (Fsp3) is 0.625. The van der Waals surface area contributed by atoms with Gasteiger partial charge in [-0.2, -0.15) is 0 Å². The number of aliphatic hydroxyl groups is 1. The molecule has 0 aromatic heterocycles. The van der Waals surface area contributed by atoms with Crippen LogP contribution in [0.15, 0.2) is 18.2 Å². The summed E-state index contributed by atoms with van der Waals surface area (Å²) in [6, 6.07) is 4.91. The van der Waals surface area contributed by atoms with Gasteiger partial charge in [-0.1, -0.05) is 23.7 Å². The lowest BCUT2D eigenvalue weighted by Crippen LogP contribution is -2.44. The molecule has 2 aliphatic heterocycles. The molecule has 3 atom stereocenters. The number of rotatable bonds is 3. The summed E-state index contributed by atoms with van der Waals surface area (Å²) in [5.74, 6) is -0.317. The molecule has 1 aromatic rings. The van der Waals surface area contributed by atoms with E-state index < -0.39 is 11.9 Å². The van der Waals surface area contributed by atoms with Crippen molar-refractivity contribution < 1.29 is 19.0 Å². The van der Waals surface area contributed by atoms with Crippen LogP contribution in [-0.4, -0.2) is 36.6 Å². The lowest BCUT2D eigenvalue weighted by Gasteiger charge is -2.39. The first-order valence-electron chi connectivity index (χ1n) is 7.42. The summed E-state index contributed by atoms with van der Waals surface area (Å²) >= 11 is 5.79. The fourth-order valence-corrected chi connectivity index (χ4v) is 3.55. The van der Waals surface area contributed by atoms with Crippen LogP contribution >= 0.6 is 11.6 Å². The van der Waals surface area contributed by atoms with Crippen molar-refractivity contribution >= 4 is 11.6 Å². The highest BCUT2D eigenvalue weighted by Crippen LogP contribution is 2.37. The minimum Gasteiger partial charge on any atom is -0.392 e. The van der Waals surface area contributed by atoms with Crippen LogP contribution in [0.2, 0.25) is 5.02 Å². The van der Waals surface area contributed by atoms with Crippen LogP contribution < -0.4 is 0 Å². The number of ether oxygens (including phenoxy) is 2. The zero-order chi connectivity index (χ0) is 14.9. The number of aliphatic hydroxyl groups excluding tert-OH is 1. The predicted molar refractivity (Wildman–Crippen MR) is 78.0 cm³/mol. The Labute approximate surface area is 129 Å². The van der Waals surface area contributed by atoms with E-state index in [0.717, 1.165) is 19.3 Å². The quantitative estimate of drug-likeness (QED) is 0.932. The summed E-state index contributed by atoms with van der Waals surface area (Å²) < 4.78 is 25.2. The maximum absolute atomic E-state index is 13.9. The second-order valence-electron chi connectivity index (χ2n) is 6.07. The Morgan fingerprint density at radius 3 is 3.05 bits per heavy atom. The molecule has 1 N–H and O–H groups in total. The van der Waals surface area contributed by atoms with E-state index in [1.165, 1.54) is 6.07 Å². The maximum atomic E-state index is 13.9. The SMILES string of the molecule is OC(Cc1cccc(Cl)c1F)C1CCOC2(CCOC2)C1. The summed E-state index contributed by atoms with van der Waals surface area (Å²) in [5.41, 5.74) is 0.231. The molecule has 3 nitrogen and oxygen atoms in total. The molecule has 0 bridgehead atoms. The molecule has 2 aliphatic rings. The molecule has 5 heteroatoms.